The normalized spacial score (nSPS) is 13.4. The second kappa shape index (κ2) is 5.20. The number of nitrogens with one attached hydrogen (secondary N) is 2. The lowest BCUT2D eigenvalue weighted by Gasteiger charge is -2.18. The van der Waals surface area contributed by atoms with Gasteiger partial charge in [-0.1, -0.05) is 20.8 Å². The maximum Gasteiger partial charge on any atom is 0.338 e. The van der Waals surface area contributed by atoms with Gasteiger partial charge in [0.15, 0.2) is 5.11 Å². The summed E-state index contributed by atoms with van der Waals surface area (Å²) >= 11 is 5.09. The lowest BCUT2D eigenvalue weighted by atomic mass is 9.96. The summed E-state index contributed by atoms with van der Waals surface area (Å²) in [5.74, 6) is -0.468. The van der Waals surface area contributed by atoms with E-state index in [1.165, 1.54) is 0 Å². The van der Waals surface area contributed by atoms with Crippen molar-refractivity contribution in [2.75, 3.05) is 5.32 Å². The Bertz CT molecular complexity index is 591. The third kappa shape index (κ3) is 3.14. The largest absolute Gasteiger partial charge is 0.457 e. The molecule has 0 bridgehead atoms. The van der Waals surface area contributed by atoms with Crippen LogP contribution in [0.3, 0.4) is 0 Å². The van der Waals surface area contributed by atoms with Crippen LogP contribution in [0.25, 0.3) is 0 Å². The average Bonchev–Trinajstić information content (AvgIpc) is 2.69. The third-order valence-electron chi connectivity index (χ3n) is 2.85. The molecule has 0 atom stereocenters. The van der Waals surface area contributed by atoms with E-state index in [0.29, 0.717) is 11.3 Å². The standard InChI is InChI=1S/C14H16N2O3S/c1-14(2,3)12(18)16-13(20)15-9-4-5-10-8(6-9)7-19-11(10)17/h4-6H,7H2,1-3H3,(H2,15,16,18,20). The van der Waals surface area contributed by atoms with E-state index in [4.69, 9.17) is 17.0 Å². The number of rotatable bonds is 1. The molecule has 0 spiro atoms. The van der Waals surface area contributed by atoms with Gasteiger partial charge >= 0.3 is 5.97 Å². The quantitative estimate of drug-likeness (QED) is 0.613. The molecule has 2 N–H and O–H groups in total. The second-order valence-electron chi connectivity index (χ2n) is 5.61. The zero-order chi connectivity index (χ0) is 14.9. The van der Waals surface area contributed by atoms with Crippen LogP contribution >= 0.6 is 12.2 Å². The Kier molecular flexibility index (Phi) is 3.76. The van der Waals surface area contributed by atoms with Gasteiger partial charge in [0.05, 0.1) is 5.56 Å². The van der Waals surface area contributed by atoms with Gasteiger partial charge in [-0.3, -0.25) is 4.79 Å². The predicted molar refractivity (Wildman–Crippen MR) is 79.4 cm³/mol. The van der Waals surface area contributed by atoms with Crippen LogP contribution in [0.4, 0.5) is 5.69 Å². The highest BCUT2D eigenvalue weighted by atomic mass is 32.1. The molecule has 5 nitrogen and oxygen atoms in total. The van der Waals surface area contributed by atoms with Crippen LogP contribution in [0.2, 0.25) is 0 Å². The SMILES string of the molecule is CC(C)(C)C(=O)NC(=S)Nc1ccc2c(c1)COC2=O. The number of esters is 1. The highest BCUT2D eigenvalue weighted by Crippen LogP contribution is 2.23. The monoisotopic (exact) mass is 292 g/mol. The van der Waals surface area contributed by atoms with Crippen LogP contribution in [-0.4, -0.2) is 17.0 Å². The van der Waals surface area contributed by atoms with Crippen molar-refractivity contribution in [3.63, 3.8) is 0 Å². The topological polar surface area (TPSA) is 67.4 Å². The van der Waals surface area contributed by atoms with Crippen molar-refractivity contribution in [2.45, 2.75) is 27.4 Å². The molecule has 1 amide bonds. The van der Waals surface area contributed by atoms with E-state index in [-0.39, 0.29) is 23.6 Å². The molecule has 2 rings (SSSR count). The number of carbonyl (C=O) groups excluding carboxylic acids is 2. The zero-order valence-corrected chi connectivity index (χ0v) is 12.4. The molecular formula is C14H16N2O3S. The summed E-state index contributed by atoms with van der Waals surface area (Å²) in [6, 6.07) is 5.19. The van der Waals surface area contributed by atoms with Gasteiger partial charge in [0, 0.05) is 16.7 Å². The molecule has 1 aliphatic heterocycles. The highest BCUT2D eigenvalue weighted by Gasteiger charge is 2.23. The van der Waals surface area contributed by atoms with Crippen molar-refractivity contribution in [1.29, 1.82) is 0 Å². The van der Waals surface area contributed by atoms with E-state index in [0.717, 1.165) is 5.56 Å². The number of thiocarbonyl (C=S) groups is 1. The molecule has 20 heavy (non-hydrogen) atoms. The summed E-state index contributed by atoms with van der Waals surface area (Å²) in [5.41, 5.74) is 1.58. The number of hydrogen-bond donors (Lipinski definition) is 2. The smallest absolute Gasteiger partial charge is 0.338 e. The maximum absolute atomic E-state index is 11.8. The van der Waals surface area contributed by atoms with Crippen LogP contribution in [0.5, 0.6) is 0 Å². The molecule has 0 unspecified atom stereocenters. The molecule has 1 aromatic carbocycles. The summed E-state index contributed by atoms with van der Waals surface area (Å²) < 4.78 is 4.92. The van der Waals surface area contributed by atoms with E-state index in [1.54, 1.807) is 18.2 Å². The molecule has 0 saturated carbocycles. The summed E-state index contributed by atoms with van der Waals surface area (Å²) in [6.07, 6.45) is 0. The fraction of sp³-hybridized carbons (Fsp3) is 0.357. The van der Waals surface area contributed by atoms with Crippen molar-refractivity contribution >= 4 is 34.9 Å². The minimum absolute atomic E-state index is 0.158. The van der Waals surface area contributed by atoms with Crippen LogP contribution in [0.1, 0.15) is 36.7 Å². The van der Waals surface area contributed by atoms with E-state index in [1.807, 2.05) is 20.8 Å². The van der Waals surface area contributed by atoms with E-state index in [2.05, 4.69) is 10.6 Å². The number of ether oxygens (including phenoxy) is 1. The van der Waals surface area contributed by atoms with Crippen molar-refractivity contribution in [1.82, 2.24) is 5.32 Å². The Morgan fingerprint density at radius 1 is 1.35 bits per heavy atom. The number of carbonyl (C=O) groups is 2. The fourth-order valence-corrected chi connectivity index (χ4v) is 1.87. The number of hydrogen-bond acceptors (Lipinski definition) is 4. The fourth-order valence-electron chi connectivity index (χ4n) is 1.66. The van der Waals surface area contributed by atoms with Crippen LogP contribution in [0.15, 0.2) is 18.2 Å². The predicted octanol–water partition coefficient (Wildman–Crippen LogP) is 2.22. The Morgan fingerprint density at radius 2 is 2.05 bits per heavy atom. The summed E-state index contributed by atoms with van der Waals surface area (Å²) in [4.78, 5) is 23.1. The van der Waals surface area contributed by atoms with E-state index < -0.39 is 5.41 Å². The lowest BCUT2D eigenvalue weighted by molar-refractivity contribution is -0.126. The molecule has 6 heteroatoms. The van der Waals surface area contributed by atoms with Crippen molar-refractivity contribution in [2.24, 2.45) is 5.41 Å². The van der Waals surface area contributed by atoms with Gasteiger partial charge in [-0.15, -0.1) is 0 Å². The molecule has 0 fully saturated rings. The van der Waals surface area contributed by atoms with Crippen molar-refractivity contribution in [3.8, 4) is 0 Å². The first-order valence-electron chi connectivity index (χ1n) is 6.20. The van der Waals surface area contributed by atoms with Gasteiger partial charge in [0.25, 0.3) is 0 Å². The van der Waals surface area contributed by atoms with Crippen LogP contribution in [-0.2, 0) is 16.1 Å². The number of cyclic esters (lactones) is 1. The Balaban J connectivity index is 2.03. The van der Waals surface area contributed by atoms with Gasteiger partial charge in [0.1, 0.15) is 6.61 Å². The molecule has 0 aliphatic carbocycles. The first-order chi connectivity index (χ1) is 9.27. The molecule has 1 heterocycles. The molecule has 1 aliphatic rings. The van der Waals surface area contributed by atoms with Gasteiger partial charge in [-0.25, -0.2) is 4.79 Å². The van der Waals surface area contributed by atoms with E-state index in [9.17, 15) is 9.59 Å². The molecule has 106 valence electrons. The second-order valence-corrected chi connectivity index (χ2v) is 6.01. The Hall–Kier alpha value is -1.95. The first kappa shape index (κ1) is 14.5. The molecule has 0 saturated heterocycles. The zero-order valence-electron chi connectivity index (χ0n) is 11.6. The van der Waals surface area contributed by atoms with Crippen LogP contribution < -0.4 is 10.6 Å². The van der Waals surface area contributed by atoms with E-state index >= 15 is 0 Å². The van der Waals surface area contributed by atoms with Gasteiger partial charge in [-0.2, -0.15) is 0 Å². The molecule has 1 aromatic rings. The summed E-state index contributed by atoms with van der Waals surface area (Å²) in [7, 11) is 0. The number of anilines is 1. The van der Waals surface area contributed by atoms with Crippen molar-refractivity contribution in [3.05, 3.63) is 29.3 Å². The van der Waals surface area contributed by atoms with Gasteiger partial charge < -0.3 is 15.4 Å². The minimum Gasteiger partial charge on any atom is -0.457 e. The first-order valence-corrected chi connectivity index (χ1v) is 6.61. The summed E-state index contributed by atoms with van der Waals surface area (Å²) in [6.45, 7) is 5.70. The minimum atomic E-state index is -0.510. The molecule has 0 radical (unpaired) electrons. The maximum atomic E-state index is 11.8. The Labute approximate surface area is 122 Å². The number of amides is 1. The number of fused-ring (bicyclic) bond motifs is 1. The molecular weight excluding hydrogens is 276 g/mol. The van der Waals surface area contributed by atoms with Crippen LogP contribution in [0, 0.1) is 5.41 Å². The molecule has 0 aromatic heterocycles. The third-order valence-corrected chi connectivity index (χ3v) is 3.05. The van der Waals surface area contributed by atoms with Gasteiger partial charge in [0.2, 0.25) is 5.91 Å². The Morgan fingerprint density at radius 3 is 2.70 bits per heavy atom. The summed E-state index contributed by atoms with van der Waals surface area (Å²) in [5, 5.41) is 5.78. The average molecular weight is 292 g/mol. The van der Waals surface area contributed by atoms with Gasteiger partial charge in [-0.05, 0) is 30.4 Å². The number of benzene rings is 1. The van der Waals surface area contributed by atoms with Crippen molar-refractivity contribution < 1.29 is 14.3 Å². The lowest BCUT2D eigenvalue weighted by Crippen LogP contribution is -2.41. The highest BCUT2D eigenvalue weighted by molar-refractivity contribution is 7.80.